The first-order chi connectivity index (χ1) is 10.2. The number of nitrogens with zero attached hydrogens (tertiary/aromatic N) is 1. The Labute approximate surface area is 134 Å². The molecule has 0 unspecified atom stereocenters. The van der Waals surface area contributed by atoms with Gasteiger partial charge in [-0.1, -0.05) is 26.8 Å². The predicted octanol–water partition coefficient (Wildman–Crippen LogP) is 2.96. The van der Waals surface area contributed by atoms with Crippen molar-refractivity contribution in [2.75, 3.05) is 5.75 Å². The molecule has 1 amide bonds. The van der Waals surface area contributed by atoms with Gasteiger partial charge in [0.2, 0.25) is 15.9 Å². The highest BCUT2D eigenvalue weighted by molar-refractivity contribution is 7.90. The summed E-state index contributed by atoms with van der Waals surface area (Å²) in [6.45, 7) is 10.1. The second kappa shape index (κ2) is 4.83. The van der Waals surface area contributed by atoms with Crippen LogP contribution in [0.15, 0.2) is 12.7 Å². The Kier molecular flexibility index (Phi) is 3.52. The predicted molar refractivity (Wildman–Crippen MR) is 86.6 cm³/mol. The second-order valence-electron chi connectivity index (χ2n) is 8.14. The number of carbonyl (C=O) groups is 1. The zero-order valence-corrected chi connectivity index (χ0v) is 14.7. The number of allylic oxidation sites excluding steroid dienone is 1. The number of sulfonamides is 1. The van der Waals surface area contributed by atoms with Crippen LogP contribution in [-0.4, -0.2) is 30.4 Å². The molecule has 2 saturated carbocycles. The number of carbonyl (C=O) groups excluding carboxylic acids is 1. The van der Waals surface area contributed by atoms with Gasteiger partial charge in [-0.2, -0.15) is 0 Å². The van der Waals surface area contributed by atoms with Crippen LogP contribution in [0.2, 0.25) is 0 Å². The van der Waals surface area contributed by atoms with Crippen LogP contribution in [0.5, 0.6) is 0 Å². The molecule has 1 spiro atoms. The quantitative estimate of drug-likeness (QED) is 0.747. The highest BCUT2D eigenvalue weighted by Gasteiger charge is 2.72. The van der Waals surface area contributed by atoms with Gasteiger partial charge in [0.05, 0.1) is 11.8 Å². The van der Waals surface area contributed by atoms with Crippen LogP contribution in [-0.2, 0) is 14.8 Å². The van der Waals surface area contributed by atoms with Gasteiger partial charge >= 0.3 is 0 Å². The smallest absolute Gasteiger partial charge is 0.238 e. The van der Waals surface area contributed by atoms with Crippen molar-refractivity contribution >= 4 is 15.9 Å². The molecule has 124 valence electrons. The first kappa shape index (κ1) is 16.0. The summed E-state index contributed by atoms with van der Waals surface area (Å²) in [7, 11) is -3.46. The standard InChI is InChI=1S/C17H27NO3S/c1-5-6-12(2)9-15(19)18-14-10-13-7-8-17(14,16(13,3)4)11-22(18,20)21/h5,12-14H,1,6-11H2,2-4H3/t12-,13+,14-,17-/m0/s1. The fraction of sp³-hybridized carbons (Fsp3) is 0.824. The third-order valence-corrected chi connectivity index (χ3v) is 8.69. The van der Waals surface area contributed by atoms with Crippen molar-refractivity contribution in [1.29, 1.82) is 0 Å². The molecule has 3 rings (SSSR count). The maximum Gasteiger partial charge on any atom is 0.238 e. The zero-order chi connectivity index (χ0) is 16.3. The first-order valence-corrected chi connectivity index (χ1v) is 9.92. The lowest BCUT2D eigenvalue weighted by Crippen LogP contribution is -2.44. The number of fused-ring (bicyclic) bond motifs is 1. The molecular formula is C17H27NO3S. The normalized spacial score (nSPS) is 38.8. The van der Waals surface area contributed by atoms with Gasteiger partial charge in [-0.15, -0.1) is 6.58 Å². The van der Waals surface area contributed by atoms with Gasteiger partial charge in [0, 0.05) is 11.8 Å². The van der Waals surface area contributed by atoms with Gasteiger partial charge in [0.1, 0.15) is 0 Å². The van der Waals surface area contributed by atoms with E-state index in [-0.39, 0.29) is 34.4 Å². The Morgan fingerprint density at radius 3 is 2.73 bits per heavy atom. The van der Waals surface area contributed by atoms with E-state index in [1.54, 1.807) is 6.08 Å². The lowest BCUT2D eigenvalue weighted by Gasteiger charge is -2.37. The zero-order valence-electron chi connectivity index (χ0n) is 13.8. The van der Waals surface area contributed by atoms with E-state index in [4.69, 9.17) is 0 Å². The Morgan fingerprint density at radius 2 is 2.14 bits per heavy atom. The molecule has 22 heavy (non-hydrogen) atoms. The van der Waals surface area contributed by atoms with Crippen molar-refractivity contribution in [3.63, 3.8) is 0 Å². The summed E-state index contributed by atoms with van der Waals surface area (Å²) in [6.07, 6.45) is 5.73. The van der Waals surface area contributed by atoms with Crippen molar-refractivity contribution in [2.45, 2.75) is 58.9 Å². The van der Waals surface area contributed by atoms with Crippen LogP contribution in [0, 0.1) is 22.7 Å². The van der Waals surface area contributed by atoms with Gasteiger partial charge in [-0.25, -0.2) is 12.7 Å². The maximum absolute atomic E-state index is 12.7. The van der Waals surface area contributed by atoms with Crippen molar-refractivity contribution in [3.8, 4) is 0 Å². The molecule has 5 heteroatoms. The molecule has 0 aromatic rings. The maximum atomic E-state index is 12.7. The molecule has 1 aliphatic heterocycles. The fourth-order valence-corrected chi connectivity index (χ4v) is 7.93. The van der Waals surface area contributed by atoms with Crippen molar-refractivity contribution in [2.24, 2.45) is 22.7 Å². The summed E-state index contributed by atoms with van der Waals surface area (Å²) < 4.78 is 26.7. The number of hydrogen-bond acceptors (Lipinski definition) is 3. The Balaban J connectivity index is 1.90. The summed E-state index contributed by atoms with van der Waals surface area (Å²) in [5.41, 5.74) is -0.194. The third-order valence-electron chi connectivity index (χ3n) is 6.75. The van der Waals surface area contributed by atoms with E-state index < -0.39 is 10.0 Å². The van der Waals surface area contributed by atoms with Crippen LogP contribution in [0.25, 0.3) is 0 Å². The largest absolute Gasteiger partial charge is 0.274 e. The Morgan fingerprint density at radius 1 is 1.45 bits per heavy atom. The van der Waals surface area contributed by atoms with Crippen LogP contribution in [0.1, 0.15) is 52.9 Å². The average molecular weight is 325 g/mol. The summed E-state index contributed by atoms with van der Waals surface area (Å²) in [4.78, 5) is 12.7. The molecule has 2 bridgehead atoms. The third kappa shape index (κ3) is 1.93. The molecule has 3 aliphatic rings. The van der Waals surface area contributed by atoms with E-state index in [1.165, 1.54) is 4.31 Å². The van der Waals surface area contributed by atoms with E-state index in [9.17, 15) is 13.2 Å². The highest BCUT2D eigenvalue weighted by Crippen LogP contribution is 2.70. The lowest BCUT2D eigenvalue weighted by molar-refractivity contribution is -0.129. The van der Waals surface area contributed by atoms with E-state index in [0.717, 1.165) is 25.7 Å². The molecule has 0 aromatic heterocycles. The average Bonchev–Trinajstić information content (AvgIpc) is 2.85. The molecule has 4 atom stereocenters. The molecule has 1 heterocycles. The SMILES string of the molecule is C=CC[C@H](C)CC(=O)N1[C@H]2C[C@H]3CC[C@@]2(CS1(=O)=O)C3(C)C. The van der Waals surface area contributed by atoms with Gasteiger partial charge in [0.25, 0.3) is 0 Å². The summed E-state index contributed by atoms with van der Waals surface area (Å²) in [5, 5.41) is 0. The molecular weight excluding hydrogens is 298 g/mol. The molecule has 4 nitrogen and oxygen atoms in total. The fourth-order valence-electron chi connectivity index (χ4n) is 5.37. The van der Waals surface area contributed by atoms with Crippen LogP contribution >= 0.6 is 0 Å². The van der Waals surface area contributed by atoms with E-state index in [2.05, 4.69) is 20.4 Å². The topological polar surface area (TPSA) is 54.5 Å². The molecule has 0 aromatic carbocycles. The van der Waals surface area contributed by atoms with Gasteiger partial charge in [0.15, 0.2) is 0 Å². The minimum atomic E-state index is -3.46. The first-order valence-electron chi connectivity index (χ1n) is 8.31. The van der Waals surface area contributed by atoms with Crippen molar-refractivity contribution in [3.05, 3.63) is 12.7 Å². The minimum Gasteiger partial charge on any atom is -0.274 e. The van der Waals surface area contributed by atoms with Crippen molar-refractivity contribution < 1.29 is 13.2 Å². The van der Waals surface area contributed by atoms with Gasteiger partial charge in [-0.3, -0.25) is 4.79 Å². The summed E-state index contributed by atoms with van der Waals surface area (Å²) in [6, 6.07) is -0.102. The molecule has 3 fully saturated rings. The van der Waals surface area contributed by atoms with Crippen LogP contribution < -0.4 is 0 Å². The molecule has 1 saturated heterocycles. The Hall–Kier alpha value is -0.840. The highest BCUT2D eigenvalue weighted by atomic mass is 32.2. The lowest BCUT2D eigenvalue weighted by atomic mass is 9.69. The number of amides is 1. The van der Waals surface area contributed by atoms with Crippen LogP contribution in [0.4, 0.5) is 0 Å². The number of rotatable bonds is 4. The van der Waals surface area contributed by atoms with Gasteiger partial charge in [-0.05, 0) is 42.9 Å². The molecule has 0 N–H and O–H groups in total. The molecule has 0 radical (unpaired) electrons. The van der Waals surface area contributed by atoms with Crippen LogP contribution in [0.3, 0.4) is 0 Å². The van der Waals surface area contributed by atoms with Crippen molar-refractivity contribution in [1.82, 2.24) is 4.31 Å². The van der Waals surface area contributed by atoms with E-state index in [0.29, 0.717) is 12.3 Å². The van der Waals surface area contributed by atoms with E-state index >= 15 is 0 Å². The Bertz CT molecular complexity index is 609. The summed E-state index contributed by atoms with van der Waals surface area (Å²) >= 11 is 0. The summed E-state index contributed by atoms with van der Waals surface area (Å²) in [5.74, 6) is 0.646. The molecule has 2 aliphatic carbocycles. The van der Waals surface area contributed by atoms with E-state index in [1.807, 2.05) is 6.92 Å². The monoisotopic (exact) mass is 325 g/mol. The minimum absolute atomic E-state index is 0.0203. The second-order valence-corrected chi connectivity index (χ2v) is 9.99. The number of hydrogen-bond donors (Lipinski definition) is 0. The van der Waals surface area contributed by atoms with Gasteiger partial charge < -0.3 is 0 Å².